The second kappa shape index (κ2) is 5.99. The monoisotopic (exact) mass is 285 g/mol. The zero-order chi connectivity index (χ0) is 14.7. The predicted molar refractivity (Wildman–Crippen MR) is 80.2 cm³/mol. The van der Waals surface area contributed by atoms with Gasteiger partial charge in [0.05, 0.1) is 6.04 Å². The Morgan fingerprint density at radius 1 is 1.24 bits per heavy atom. The molecule has 5 nitrogen and oxygen atoms in total. The van der Waals surface area contributed by atoms with Gasteiger partial charge in [-0.3, -0.25) is 5.32 Å². The van der Waals surface area contributed by atoms with Crippen molar-refractivity contribution in [1.29, 1.82) is 0 Å². The van der Waals surface area contributed by atoms with Crippen LogP contribution in [0.5, 0.6) is 0 Å². The summed E-state index contributed by atoms with van der Waals surface area (Å²) in [6.45, 7) is 1.98. The molecule has 0 saturated carbocycles. The molecule has 0 saturated heterocycles. The van der Waals surface area contributed by atoms with Crippen LogP contribution in [0.15, 0.2) is 35.1 Å². The molecule has 3 rings (SSSR count). The molecule has 1 unspecified atom stereocenters. The Bertz CT molecular complexity index is 622. The highest BCUT2D eigenvalue weighted by molar-refractivity contribution is 5.88. The van der Waals surface area contributed by atoms with Crippen LogP contribution in [0.3, 0.4) is 0 Å². The number of carbonyl (C=O) groups is 1. The molecule has 110 valence electrons. The van der Waals surface area contributed by atoms with Crippen molar-refractivity contribution in [1.82, 2.24) is 10.5 Å². The highest BCUT2D eigenvalue weighted by Crippen LogP contribution is 2.24. The Hall–Kier alpha value is -2.30. The molecule has 0 fully saturated rings. The molecule has 2 aromatic rings. The van der Waals surface area contributed by atoms with E-state index in [1.54, 1.807) is 6.07 Å². The zero-order valence-electron chi connectivity index (χ0n) is 12.1. The number of hydrogen-bond acceptors (Lipinski definition) is 3. The summed E-state index contributed by atoms with van der Waals surface area (Å²) in [5.41, 5.74) is 4.00. The van der Waals surface area contributed by atoms with Gasteiger partial charge in [0, 0.05) is 6.07 Å². The molecule has 1 aliphatic carbocycles. The SMILES string of the molecule is CC(NC(=O)Nc1ccon1)c1ccc2c(c1)CCCC2. The van der Waals surface area contributed by atoms with Gasteiger partial charge in [-0.05, 0) is 49.3 Å². The quantitative estimate of drug-likeness (QED) is 0.907. The van der Waals surface area contributed by atoms with E-state index in [0.29, 0.717) is 5.82 Å². The van der Waals surface area contributed by atoms with E-state index in [9.17, 15) is 4.79 Å². The van der Waals surface area contributed by atoms with Gasteiger partial charge in [0.25, 0.3) is 0 Å². The number of carbonyl (C=O) groups excluding carboxylic acids is 1. The van der Waals surface area contributed by atoms with Crippen LogP contribution in [0, 0.1) is 0 Å². The third-order valence-corrected chi connectivity index (χ3v) is 3.90. The third-order valence-electron chi connectivity index (χ3n) is 3.90. The Kier molecular flexibility index (Phi) is 3.90. The zero-order valence-corrected chi connectivity index (χ0v) is 12.1. The summed E-state index contributed by atoms with van der Waals surface area (Å²) in [7, 11) is 0. The van der Waals surface area contributed by atoms with Gasteiger partial charge < -0.3 is 9.84 Å². The molecule has 0 radical (unpaired) electrons. The summed E-state index contributed by atoms with van der Waals surface area (Å²) < 4.78 is 4.67. The number of nitrogens with one attached hydrogen (secondary N) is 2. The van der Waals surface area contributed by atoms with Gasteiger partial charge in [-0.15, -0.1) is 0 Å². The predicted octanol–water partition coefficient (Wildman–Crippen LogP) is 3.44. The summed E-state index contributed by atoms with van der Waals surface area (Å²) in [5, 5.41) is 9.19. The molecular weight excluding hydrogens is 266 g/mol. The van der Waals surface area contributed by atoms with Crippen LogP contribution in [0.2, 0.25) is 0 Å². The molecule has 21 heavy (non-hydrogen) atoms. The molecule has 1 aliphatic rings. The molecule has 0 bridgehead atoms. The standard InChI is InChI=1S/C16H19N3O2/c1-11(17-16(20)18-15-8-9-21-19-15)13-7-6-12-4-2-3-5-14(12)10-13/h6-11H,2-5H2,1H3,(H2,17,18,19,20). The summed E-state index contributed by atoms with van der Waals surface area (Å²) in [6, 6.07) is 7.78. The van der Waals surface area contributed by atoms with E-state index in [1.807, 2.05) is 6.92 Å². The lowest BCUT2D eigenvalue weighted by atomic mass is 9.89. The first kappa shape index (κ1) is 13.7. The Labute approximate surface area is 123 Å². The van der Waals surface area contributed by atoms with Crippen LogP contribution in [0.1, 0.15) is 42.5 Å². The number of aryl methyl sites for hydroxylation is 2. The maximum atomic E-state index is 11.9. The molecule has 0 aliphatic heterocycles. The first-order valence-electron chi connectivity index (χ1n) is 7.32. The summed E-state index contributed by atoms with van der Waals surface area (Å²) in [4.78, 5) is 11.9. The van der Waals surface area contributed by atoms with Crippen molar-refractivity contribution in [3.63, 3.8) is 0 Å². The van der Waals surface area contributed by atoms with Crippen molar-refractivity contribution in [2.24, 2.45) is 0 Å². The van der Waals surface area contributed by atoms with E-state index in [1.165, 1.54) is 36.7 Å². The maximum Gasteiger partial charge on any atom is 0.320 e. The smallest absolute Gasteiger partial charge is 0.320 e. The second-order valence-electron chi connectivity index (χ2n) is 5.44. The number of rotatable bonds is 3. The molecule has 1 aromatic carbocycles. The lowest BCUT2D eigenvalue weighted by molar-refractivity contribution is 0.249. The van der Waals surface area contributed by atoms with Crippen LogP contribution >= 0.6 is 0 Å². The fourth-order valence-electron chi connectivity index (χ4n) is 2.73. The van der Waals surface area contributed by atoms with Crippen LogP contribution in [-0.2, 0) is 12.8 Å². The highest BCUT2D eigenvalue weighted by Gasteiger charge is 2.14. The van der Waals surface area contributed by atoms with Crippen molar-refractivity contribution in [3.8, 4) is 0 Å². The largest absolute Gasteiger partial charge is 0.363 e. The van der Waals surface area contributed by atoms with Crippen LogP contribution in [0.25, 0.3) is 0 Å². The van der Waals surface area contributed by atoms with E-state index >= 15 is 0 Å². The summed E-state index contributed by atoms with van der Waals surface area (Å²) in [5.74, 6) is 0.408. The normalized spacial score (nSPS) is 15.1. The van der Waals surface area contributed by atoms with E-state index in [2.05, 4.69) is 38.5 Å². The number of nitrogens with zero attached hydrogens (tertiary/aromatic N) is 1. The lowest BCUT2D eigenvalue weighted by Gasteiger charge is -2.20. The van der Waals surface area contributed by atoms with Crippen molar-refractivity contribution in [3.05, 3.63) is 47.2 Å². The Balaban J connectivity index is 1.64. The minimum atomic E-state index is -0.283. The summed E-state index contributed by atoms with van der Waals surface area (Å²) in [6.07, 6.45) is 6.26. The first-order valence-corrected chi connectivity index (χ1v) is 7.32. The number of benzene rings is 1. The Morgan fingerprint density at radius 3 is 2.81 bits per heavy atom. The maximum absolute atomic E-state index is 11.9. The number of urea groups is 1. The number of hydrogen-bond donors (Lipinski definition) is 2. The van der Waals surface area contributed by atoms with E-state index in [-0.39, 0.29) is 12.1 Å². The van der Waals surface area contributed by atoms with Crippen molar-refractivity contribution in [2.45, 2.75) is 38.6 Å². The highest BCUT2D eigenvalue weighted by atomic mass is 16.5. The van der Waals surface area contributed by atoms with Gasteiger partial charge in [-0.1, -0.05) is 23.4 Å². The first-order chi connectivity index (χ1) is 10.2. The minimum Gasteiger partial charge on any atom is -0.363 e. The molecular formula is C16H19N3O2. The fraction of sp³-hybridized carbons (Fsp3) is 0.375. The number of aromatic nitrogens is 1. The average Bonchev–Trinajstić information content (AvgIpc) is 2.99. The van der Waals surface area contributed by atoms with E-state index < -0.39 is 0 Å². The minimum absolute atomic E-state index is 0.0517. The van der Waals surface area contributed by atoms with Gasteiger partial charge in [0.1, 0.15) is 6.26 Å². The van der Waals surface area contributed by atoms with E-state index in [4.69, 9.17) is 0 Å². The number of fused-ring (bicyclic) bond motifs is 1. The van der Waals surface area contributed by atoms with Crippen LogP contribution in [-0.4, -0.2) is 11.2 Å². The van der Waals surface area contributed by atoms with Gasteiger partial charge in [-0.25, -0.2) is 4.79 Å². The Morgan fingerprint density at radius 2 is 2.05 bits per heavy atom. The number of amides is 2. The second-order valence-corrected chi connectivity index (χ2v) is 5.44. The van der Waals surface area contributed by atoms with Crippen LogP contribution < -0.4 is 10.6 Å². The average molecular weight is 285 g/mol. The van der Waals surface area contributed by atoms with Gasteiger partial charge in [0.15, 0.2) is 5.82 Å². The number of anilines is 1. The van der Waals surface area contributed by atoms with Crippen molar-refractivity contribution >= 4 is 11.8 Å². The van der Waals surface area contributed by atoms with Crippen molar-refractivity contribution < 1.29 is 9.32 Å². The van der Waals surface area contributed by atoms with Gasteiger partial charge in [-0.2, -0.15) is 0 Å². The molecule has 0 spiro atoms. The molecule has 2 N–H and O–H groups in total. The van der Waals surface area contributed by atoms with Gasteiger partial charge in [0.2, 0.25) is 0 Å². The molecule has 1 atom stereocenters. The third kappa shape index (κ3) is 3.24. The fourth-order valence-corrected chi connectivity index (χ4v) is 2.73. The molecule has 1 aromatic heterocycles. The summed E-state index contributed by atoms with van der Waals surface area (Å²) >= 11 is 0. The van der Waals surface area contributed by atoms with E-state index in [0.717, 1.165) is 12.0 Å². The topological polar surface area (TPSA) is 67.2 Å². The van der Waals surface area contributed by atoms with Crippen LogP contribution in [0.4, 0.5) is 10.6 Å². The van der Waals surface area contributed by atoms with Crippen molar-refractivity contribution in [2.75, 3.05) is 5.32 Å². The molecule has 5 heteroatoms. The molecule has 1 heterocycles. The van der Waals surface area contributed by atoms with Gasteiger partial charge >= 0.3 is 6.03 Å². The molecule has 2 amide bonds. The lowest BCUT2D eigenvalue weighted by Crippen LogP contribution is -2.31.